The van der Waals surface area contributed by atoms with Crippen LogP contribution in [0.1, 0.15) is 0 Å². The van der Waals surface area contributed by atoms with Gasteiger partial charge >= 0.3 is 0 Å². The van der Waals surface area contributed by atoms with Crippen LogP contribution in [-0.2, 0) is 21.7 Å². The molecule has 1 aliphatic rings. The molecule has 0 aliphatic carbocycles. The fraction of sp³-hybridized carbons (Fsp3) is 0.667. The van der Waals surface area contributed by atoms with E-state index in [1.54, 1.807) is 6.34 Å². The van der Waals surface area contributed by atoms with Gasteiger partial charge in [-0.05, 0) is 0 Å². The molecule has 56 valence electrons. The number of aliphatic imine (C=N–C) groups is 1. The van der Waals surface area contributed by atoms with Crippen LogP contribution in [0, 0.1) is 0 Å². The minimum absolute atomic E-state index is 0. The Morgan fingerprint density at radius 3 is 1.56 bits per heavy atom. The third-order valence-electron chi connectivity index (χ3n) is 0.583. The van der Waals surface area contributed by atoms with Crippen LogP contribution in [0.5, 0.6) is 0 Å². The van der Waals surface area contributed by atoms with Gasteiger partial charge in [-0.25, -0.2) is 0 Å². The van der Waals surface area contributed by atoms with E-state index in [1.165, 1.54) is 0 Å². The number of hydrogen-bond acceptors (Lipinski definition) is 2. The largest absolute Gasteiger partial charge is 1.00 e. The summed E-state index contributed by atoms with van der Waals surface area (Å²) in [6, 6.07) is 0. The Bertz CT molecular complexity index is 70.1. The first kappa shape index (κ1) is 22.5. The first-order chi connectivity index (χ1) is 2.39. The van der Waals surface area contributed by atoms with Crippen LogP contribution in [0.25, 0.3) is 0 Å². The fourth-order valence-electron chi connectivity index (χ4n) is 0.245. The van der Waals surface area contributed by atoms with Crippen LogP contribution in [0.2, 0.25) is 0 Å². The Morgan fingerprint density at radius 1 is 1.33 bits per heavy atom. The smallest absolute Gasteiger partial charge is 0.112 e. The topological polar surface area (TPSA) is 15.6 Å². The molecule has 0 radical (unpaired) electrons. The summed E-state index contributed by atoms with van der Waals surface area (Å²) < 4.78 is 0. The molecule has 0 aromatic rings. The Labute approximate surface area is 88.6 Å². The maximum atomic E-state index is 3.80. The molecule has 0 N–H and O–H groups in total. The minimum atomic E-state index is 0. The maximum absolute atomic E-state index is 3.80. The second-order valence-electron chi connectivity index (χ2n) is 1.20. The monoisotopic (exact) mass is 223 g/mol. The average molecular weight is 224 g/mol. The molecule has 9 heavy (non-hydrogen) atoms. The number of rotatable bonds is 0. The Morgan fingerprint density at radius 2 is 1.56 bits per heavy atom. The standard InChI is InChI=1S/C3H6N2.3ClH.Ti/c1-5-2-4-3-5;;;;/h2H,3H2,1H3;3*1H;/p-3. The van der Waals surface area contributed by atoms with Gasteiger partial charge in [0, 0.05) is 28.8 Å². The van der Waals surface area contributed by atoms with Gasteiger partial charge in [-0.1, -0.05) is 0 Å². The van der Waals surface area contributed by atoms with Crippen LogP contribution in [-0.4, -0.2) is 25.0 Å². The molecular weight excluding hydrogens is 218 g/mol. The Hall–Kier alpha value is 1.05. The Balaban J connectivity index is -0.0000000312. The van der Waals surface area contributed by atoms with Gasteiger partial charge in [0.05, 0.1) is 6.34 Å². The van der Waals surface area contributed by atoms with Gasteiger partial charge in [0.2, 0.25) is 0 Å². The molecule has 0 saturated carbocycles. The van der Waals surface area contributed by atoms with Crippen molar-refractivity contribution in [3.8, 4) is 0 Å². The summed E-state index contributed by atoms with van der Waals surface area (Å²) in [6.45, 7) is 0.889. The second kappa shape index (κ2) is 11.8. The molecule has 0 fully saturated rings. The zero-order valence-corrected chi connectivity index (χ0v) is 8.64. The van der Waals surface area contributed by atoms with Crippen LogP contribution >= 0.6 is 0 Å². The van der Waals surface area contributed by atoms with E-state index in [9.17, 15) is 0 Å². The third-order valence-corrected chi connectivity index (χ3v) is 0.583. The fourth-order valence-corrected chi connectivity index (χ4v) is 0.245. The van der Waals surface area contributed by atoms with E-state index in [0.717, 1.165) is 6.67 Å². The van der Waals surface area contributed by atoms with Gasteiger partial charge in [-0.2, -0.15) is 0 Å². The summed E-state index contributed by atoms with van der Waals surface area (Å²) in [6.07, 6.45) is 1.81. The van der Waals surface area contributed by atoms with Crippen molar-refractivity contribution in [3.63, 3.8) is 0 Å². The van der Waals surface area contributed by atoms with E-state index < -0.39 is 0 Å². The van der Waals surface area contributed by atoms with Crippen LogP contribution in [0.3, 0.4) is 0 Å². The molecule has 1 rings (SSSR count). The summed E-state index contributed by atoms with van der Waals surface area (Å²) in [7, 11) is 1.99. The SMILES string of the molecule is CN1C=NC1.[Cl-].[Cl-].[Cl-].[Ti]. The quantitative estimate of drug-likeness (QED) is 0.373. The molecule has 0 unspecified atom stereocenters. The predicted octanol–water partition coefficient (Wildman–Crippen LogP) is -9.07. The molecule has 0 amide bonds. The summed E-state index contributed by atoms with van der Waals surface area (Å²) >= 11 is 0. The van der Waals surface area contributed by atoms with Crippen molar-refractivity contribution in [2.75, 3.05) is 13.7 Å². The summed E-state index contributed by atoms with van der Waals surface area (Å²) in [5.41, 5.74) is 0. The van der Waals surface area contributed by atoms with Crippen LogP contribution in [0.4, 0.5) is 0 Å². The average Bonchev–Trinajstić information content (AvgIpc) is 1.30. The summed E-state index contributed by atoms with van der Waals surface area (Å²) in [4.78, 5) is 5.81. The molecule has 6 heteroatoms. The Kier molecular flexibility index (Phi) is 29.5. The second-order valence-corrected chi connectivity index (χ2v) is 1.20. The van der Waals surface area contributed by atoms with Crippen LogP contribution < -0.4 is 37.2 Å². The summed E-state index contributed by atoms with van der Waals surface area (Å²) in [5, 5.41) is 0. The van der Waals surface area contributed by atoms with E-state index in [0.29, 0.717) is 0 Å². The molecule has 0 atom stereocenters. The number of halogens is 3. The molecule has 2 nitrogen and oxygen atoms in total. The van der Waals surface area contributed by atoms with E-state index in [1.807, 2.05) is 11.9 Å². The molecular formula is C3H6Cl3N2Ti-3. The van der Waals surface area contributed by atoms with E-state index in [4.69, 9.17) is 0 Å². The van der Waals surface area contributed by atoms with Gasteiger partial charge < -0.3 is 42.1 Å². The number of hydrogen-bond donors (Lipinski definition) is 0. The van der Waals surface area contributed by atoms with Crippen molar-refractivity contribution in [2.24, 2.45) is 4.99 Å². The molecule has 0 aromatic heterocycles. The number of nitrogens with zero attached hydrogens (tertiary/aromatic N) is 2. The third kappa shape index (κ3) is 9.05. The van der Waals surface area contributed by atoms with Crippen molar-refractivity contribution in [3.05, 3.63) is 0 Å². The zero-order chi connectivity index (χ0) is 3.70. The predicted molar refractivity (Wildman–Crippen MR) is 21.1 cm³/mol. The van der Waals surface area contributed by atoms with E-state index in [-0.39, 0.29) is 58.9 Å². The van der Waals surface area contributed by atoms with Gasteiger partial charge in [0.25, 0.3) is 0 Å². The van der Waals surface area contributed by atoms with Crippen molar-refractivity contribution >= 4 is 6.34 Å². The van der Waals surface area contributed by atoms with E-state index >= 15 is 0 Å². The first-order valence-electron chi connectivity index (χ1n) is 1.60. The molecule has 1 aliphatic heterocycles. The van der Waals surface area contributed by atoms with Gasteiger partial charge in [-0.3, -0.25) is 4.99 Å². The van der Waals surface area contributed by atoms with Gasteiger partial charge in [0.1, 0.15) is 6.67 Å². The minimum Gasteiger partial charge on any atom is -1.00 e. The van der Waals surface area contributed by atoms with E-state index in [2.05, 4.69) is 4.99 Å². The normalized spacial score (nSPS) is 10.6. The van der Waals surface area contributed by atoms with Crippen LogP contribution in [0.15, 0.2) is 4.99 Å². The molecule has 0 bridgehead atoms. The van der Waals surface area contributed by atoms with Crippen molar-refractivity contribution in [2.45, 2.75) is 0 Å². The van der Waals surface area contributed by atoms with Crippen molar-refractivity contribution in [1.29, 1.82) is 0 Å². The summed E-state index contributed by atoms with van der Waals surface area (Å²) in [5.74, 6) is 0. The van der Waals surface area contributed by atoms with Gasteiger partial charge in [-0.15, -0.1) is 0 Å². The maximum Gasteiger partial charge on any atom is 0.112 e. The molecule has 0 spiro atoms. The molecule has 1 heterocycles. The molecule has 0 saturated heterocycles. The van der Waals surface area contributed by atoms with Crippen molar-refractivity contribution in [1.82, 2.24) is 4.90 Å². The van der Waals surface area contributed by atoms with Crippen molar-refractivity contribution < 1.29 is 58.9 Å². The van der Waals surface area contributed by atoms with Gasteiger partial charge in [0.15, 0.2) is 0 Å². The first-order valence-corrected chi connectivity index (χ1v) is 1.60. The molecule has 0 aromatic carbocycles. The zero-order valence-electron chi connectivity index (χ0n) is 4.81.